The van der Waals surface area contributed by atoms with Crippen LogP contribution >= 0.6 is 23.2 Å². The van der Waals surface area contributed by atoms with Crippen LogP contribution in [-0.4, -0.2) is 15.7 Å². The van der Waals surface area contributed by atoms with Crippen LogP contribution in [0.25, 0.3) is 0 Å². The van der Waals surface area contributed by atoms with Crippen LogP contribution in [-0.2, 0) is 4.79 Å². The van der Waals surface area contributed by atoms with Gasteiger partial charge in [0.1, 0.15) is 6.04 Å². The summed E-state index contributed by atoms with van der Waals surface area (Å²) in [4.78, 5) is 24.5. The SMILES string of the molecule is CC(C(=O)Nc1c(Cl)cccc1Cl)n1nc(C2CC2)ccc1=O. The van der Waals surface area contributed by atoms with Gasteiger partial charge >= 0.3 is 0 Å². The van der Waals surface area contributed by atoms with Gasteiger partial charge in [0.15, 0.2) is 0 Å². The number of carbonyl (C=O) groups excluding carboxylic acids is 1. The van der Waals surface area contributed by atoms with Crippen molar-refractivity contribution in [2.45, 2.75) is 31.7 Å². The van der Waals surface area contributed by atoms with E-state index in [0.29, 0.717) is 21.7 Å². The first-order valence-electron chi connectivity index (χ1n) is 7.32. The van der Waals surface area contributed by atoms with Gasteiger partial charge in [0.2, 0.25) is 5.91 Å². The van der Waals surface area contributed by atoms with Gasteiger partial charge in [-0.05, 0) is 38.0 Å². The molecule has 3 rings (SSSR count). The molecule has 1 amide bonds. The van der Waals surface area contributed by atoms with E-state index in [-0.39, 0.29) is 5.56 Å². The molecule has 0 saturated heterocycles. The molecule has 1 aliphatic rings. The van der Waals surface area contributed by atoms with Crippen molar-refractivity contribution in [2.24, 2.45) is 0 Å². The quantitative estimate of drug-likeness (QED) is 0.914. The van der Waals surface area contributed by atoms with E-state index in [1.54, 1.807) is 31.2 Å². The molecule has 1 saturated carbocycles. The number of hydrogen-bond acceptors (Lipinski definition) is 3. The Kier molecular flexibility index (Phi) is 4.41. The van der Waals surface area contributed by atoms with Crippen LogP contribution in [0.4, 0.5) is 5.69 Å². The summed E-state index contributed by atoms with van der Waals surface area (Å²) >= 11 is 12.1. The zero-order chi connectivity index (χ0) is 16.6. The molecule has 0 aliphatic heterocycles. The van der Waals surface area contributed by atoms with Gasteiger partial charge in [0, 0.05) is 12.0 Å². The highest BCUT2D eigenvalue weighted by Crippen LogP contribution is 2.38. The molecule has 1 N–H and O–H groups in total. The average Bonchev–Trinajstić information content (AvgIpc) is 3.35. The first-order valence-corrected chi connectivity index (χ1v) is 8.07. The number of nitrogens with zero attached hydrogens (tertiary/aromatic N) is 2. The summed E-state index contributed by atoms with van der Waals surface area (Å²) in [5, 5.41) is 7.66. The van der Waals surface area contributed by atoms with Gasteiger partial charge in [-0.1, -0.05) is 29.3 Å². The van der Waals surface area contributed by atoms with Crippen LogP contribution in [0.2, 0.25) is 10.0 Å². The molecule has 23 heavy (non-hydrogen) atoms. The predicted octanol–water partition coefficient (Wildman–Crippen LogP) is 3.63. The second-order valence-corrected chi connectivity index (χ2v) is 6.39. The van der Waals surface area contributed by atoms with Crippen LogP contribution < -0.4 is 10.9 Å². The largest absolute Gasteiger partial charge is 0.322 e. The molecule has 0 bridgehead atoms. The Balaban J connectivity index is 1.85. The molecule has 1 aromatic heterocycles. The zero-order valence-electron chi connectivity index (χ0n) is 12.4. The maximum absolute atomic E-state index is 12.4. The number of hydrogen-bond donors (Lipinski definition) is 1. The van der Waals surface area contributed by atoms with E-state index in [1.807, 2.05) is 0 Å². The second-order valence-electron chi connectivity index (χ2n) is 5.58. The molecule has 1 aromatic carbocycles. The zero-order valence-corrected chi connectivity index (χ0v) is 13.9. The summed E-state index contributed by atoms with van der Waals surface area (Å²) in [5.74, 6) is -0.00216. The Hall–Kier alpha value is -1.85. The first-order chi connectivity index (χ1) is 11.0. The fourth-order valence-electron chi connectivity index (χ4n) is 2.27. The van der Waals surface area contributed by atoms with Gasteiger partial charge in [-0.3, -0.25) is 9.59 Å². The average molecular weight is 352 g/mol. The highest BCUT2D eigenvalue weighted by molar-refractivity contribution is 6.39. The van der Waals surface area contributed by atoms with Crippen molar-refractivity contribution in [3.05, 3.63) is 56.4 Å². The lowest BCUT2D eigenvalue weighted by atomic mass is 10.2. The molecule has 120 valence electrons. The van der Waals surface area contributed by atoms with E-state index in [0.717, 1.165) is 18.5 Å². The third-order valence-electron chi connectivity index (χ3n) is 3.80. The lowest BCUT2D eigenvalue weighted by Gasteiger charge is -2.16. The van der Waals surface area contributed by atoms with Gasteiger partial charge in [-0.25, -0.2) is 4.68 Å². The minimum absolute atomic E-state index is 0.317. The highest BCUT2D eigenvalue weighted by atomic mass is 35.5. The van der Waals surface area contributed by atoms with Gasteiger partial charge < -0.3 is 5.32 Å². The van der Waals surface area contributed by atoms with Crippen molar-refractivity contribution in [1.82, 2.24) is 9.78 Å². The minimum Gasteiger partial charge on any atom is -0.322 e. The Bertz CT molecular complexity index is 795. The van der Waals surface area contributed by atoms with Crippen LogP contribution in [0.5, 0.6) is 0 Å². The van der Waals surface area contributed by atoms with E-state index in [1.165, 1.54) is 10.7 Å². The molecule has 1 fully saturated rings. The fraction of sp³-hybridized carbons (Fsp3) is 0.312. The van der Waals surface area contributed by atoms with Crippen molar-refractivity contribution >= 4 is 34.8 Å². The van der Waals surface area contributed by atoms with Crippen LogP contribution in [0.3, 0.4) is 0 Å². The number of carbonyl (C=O) groups is 1. The maximum Gasteiger partial charge on any atom is 0.267 e. The van der Waals surface area contributed by atoms with E-state index in [2.05, 4.69) is 10.4 Å². The van der Waals surface area contributed by atoms with Crippen molar-refractivity contribution in [3.63, 3.8) is 0 Å². The smallest absolute Gasteiger partial charge is 0.267 e. The molecule has 0 spiro atoms. The van der Waals surface area contributed by atoms with Crippen LogP contribution in [0.1, 0.15) is 37.4 Å². The van der Waals surface area contributed by atoms with E-state index < -0.39 is 11.9 Å². The molecule has 1 heterocycles. The van der Waals surface area contributed by atoms with Crippen molar-refractivity contribution < 1.29 is 4.79 Å². The third kappa shape index (κ3) is 3.41. The Morgan fingerprint density at radius 2 is 1.91 bits per heavy atom. The predicted molar refractivity (Wildman–Crippen MR) is 90.3 cm³/mol. The van der Waals surface area contributed by atoms with Gasteiger partial charge in [0.05, 0.1) is 21.4 Å². The number of rotatable bonds is 4. The van der Waals surface area contributed by atoms with Crippen LogP contribution in [0.15, 0.2) is 35.1 Å². The molecule has 2 aromatic rings. The number of aromatic nitrogens is 2. The van der Waals surface area contributed by atoms with E-state index in [4.69, 9.17) is 23.2 Å². The molecule has 0 radical (unpaired) electrons. The Morgan fingerprint density at radius 3 is 2.52 bits per heavy atom. The van der Waals surface area contributed by atoms with Crippen molar-refractivity contribution in [3.8, 4) is 0 Å². The fourth-order valence-corrected chi connectivity index (χ4v) is 2.76. The topological polar surface area (TPSA) is 64.0 Å². The molecule has 1 aliphatic carbocycles. The number of para-hydroxylation sites is 1. The van der Waals surface area contributed by atoms with E-state index in [9.17, 15) is 9.59 Å². The summed E-state index contributed by atoms with van der Waals surface area (Å²) in [6.07, 6.45) is 2.14. The monoisotopic (exact) mass is 351 g/mol. The molecule has 1 unspecified atom stereocenters. The normalized spacial score (nSPS) is 15.3. The second kappa shape index (κ2) is 6.34. The van der Waals surface area contributed by atoms with Gasteiger partial charge in [0.25, 0.3) is 5.56 Å². The summed E-state index contributed by atoms with van der Waals surface area (Å²) in [5.41, 5.74) is 0.862. The summed E-state index contributed by atoms with van der Waals surface area (Å²) in [6.45, 7) is 1.62. The lowest BCUT2D eigenvalue weighted by molar-refractivity contribution is -0.119. The number of nitrogens with one attached hydrogen (secondary N) is 1. The number of amides is 1. The van der Waals surface area contributed by atoms with Crippen molar-refractivity contribution in [1.29, 1.82) is 0 Å². The summed E-state index contributed by atoms with van der Waals surface area (Å²) in [7, 11) is 0. The maximum atomic E-state index is 12.4. The molecule has 1 atom stereocenters. The number of benzene rings is 1. The van der Waals surface area contributed by atoms with E-state index >= 15 is 0 Å². The summed E-state index contributed by atoms with van der Waals surface area (Å²) < 4.78 is 1.20. The Labute approximate surface area is 143 Å². The molecular weight excluding hydrogens is 337 g/mol. The highest BCUT2D eigenvalue weighted by Gasteiger charge is 2.27. The van der Waals surface area contributed by atoms with Crippen LogP contribution in [0, 0.1) is 0 Å². The molecular formula is C16H15Cl2N3O2. The molecule has 7 heteroatoms. The van der Waals surface area contributed by atoms with Crippen molar-refractivity contribution in [2.75, 3.05) is 5.32 Å². The Morgan fingerprint density at radius 1 is 1.26 bits per heavy atom. The standard InChI is InChI=1S/C16H15Cl2N3O2/c1-9(16(23)19-15-11(17)3-2-4-12(15)18)21-14(22)8-7-13(20-21)10-5-6-10/h2-4,7-10H,5-6H2,1H3,(H,19,23). The lowest BCUT2D eigenvalue weighted by Crippen LogP contribution is -2.33. The molecule has 5 nitrogen and oxygen atoms in total. The minimum atomic E-state index is -0.770. The summed E-state index contributed by atoms with van der Waals surface area (Å²) in [6, 6.07) is 7.36. The third-order valence-corrected chi connectivity index (χ3v) is 4.43. The van der Waals surface area contributed by atoms with Gasteiger partial charge in [-0.2, -0.15) is 5.10 Å². The van der Waals surface area contributed by atoms with Gasteiger partial charge in [-0.15, -0.1) is 0 Å². The first kappa shape index (κ1) is 16.0. The number of halogens is 2. The number of anilines is 1.